The van der Waals surface area contributed by atoms with Gasteiger partial charge in [-0.15, -0.1) is 0 Å². The van der Waals surface area contributed by atoms with E-state index in [1.165, 1.54) is 32.1 Å². The normalized spacial score (nSPS) is 44.0. The minimum atomic E-state index is 0.279. The molecular weight excluding hydrogens is 148 g/mol. The molecule has 2 saturated carbocycles. The quantitative estimate of drug-likeness (QED) is 0.619. The molecule has 0 aliphatic heterocycles. The molecule has 3 unspecified atom stereocenters. The van der Waals surface area contributed by atoms with E-state index < -0.39 is 0 Å². The van der Waals surface area contributed by atoms with Gasteiger partial charge in [0.2, 0.25) is 0 Å². The first kappa shape index (κ1) is 8.52. The number of nitrogens with two attached hydrogens (primary N) is 2. The molecule has 0 amide bonds. The fourth-order valence-corrected chi connectivity index (χ4v) is 2.60. The lowest BCUT2D eigenvalue weighted by Crippen LogP contribution is -2.47. The highest BCUT2D eigenvalue weighted by Gasteiger charge is 2.33. The molecular formula is C10H20N2. The molecule has 2 aliphatic rings. The van der Waals surface area contributed by atoms with Crippen molar-refractivity contribution >= 4 is 0 Å². The van der Waals surface area contributed by atoms with Gasteiger partial charge in [-0.05, 0) is 31.1 Å². The van der Waals surface area contributed by atoms with Gasteiger partial charge in [-0.1, -0.05) is 19.3 Å². The maximum Gasteiger partial charge on any atom is 0.0195 e. The SMILES string of the molecule is NC1CCC(C2CCC2)CC1N. The average molecular weight is 168 g/mol. The summed E-state index contributed by atoms with van der Waals surface area (Å²) in [5.74, 6) is 1.91. The summed E-state index contributed by atoms with van der Waals surface area (Å²) >= 11 is 0. The van der Waals surface area contributed by atoms with Crippen LogP contribution in [0.25, 0.3) is 0 Å². The molecule has 12 heavy (non-hydrogen) atoms. The Hall–Kier alpha value is -0.0800. The molecule has 0 heterocycles. The minimum Gasteiger partial charge on any atom is -0.326 e. The van der Waals surface area contributed by atoms with Gasteiger partial charge < -0.3 is 11.5 Å². The summed E-state index contributed by atoms with van der Waals surface area (Å²) in [6.45, 7) is 0. The van der Waals surface area contributed by atoms with Crippen LogP contribution in [0.3, 0.4) is 0 Å². The van der Waals surface area contributed by atoms with Crippen LogP contribution in [-0.4, -0.2) is 12.1 Å². The van der Waals surface area contributed by atoms with Gasteiger partial charge in [0, 0.05) is 12.1 Å². The molecule has 4 N–H and O–H groups in total. The lowest BCUT2D eigenvalue weighted by molar-refractivity contribution is 0.143. The van der Waals surface area contributed by atoms with Gasteiger partial charge in [0.25, 0.3) is 0 Å². The zero-order valence-corrected chi connectivity index (χ0v) is 7.71. The van der Waals surface area contributed by atoms with Crippen LogP contribution in [0, 0.1) is 11.8 Å². The van der Waals surface area contributed by atoms with E-state index in [0.717, 1.165) is 18.3 Å². The van der Waals surface area contributed by atoms with Crippen LogP contribution in [0.4, 0.5) is 0 Å². The van der Waals surface area contributed by atoms with E-state index >= 15 is 0 Å². The summed E-state index contributed by atoms with van der Waals surface area (Å²) in [7, 11) is 0. The summed E-state index contributed by atoms with van der Waals surface area (Å²) < 4.78 is 0. The van der Waals surface area contributed by atoms with Gasteiger partial charge in [0.15, 0.2) is 0 Å². The maximum atomic E-state index is 5.96. The molecule has 3 atom stereocenters. The molecule has 2 nitrogen and oxygen atoms in total. The van der Waals surface area contributed by atoms with Crippen molar-refractivity contribution in [3.63, 3.8) is 0 Å². The lowest BCUT2D eigenvalue weighted by Gasteiger charge is -2.40. The van der Waals surface area contributed by atoms with Crippen molar-refractivity contribution in [1.29, 1.82) is 0 Å². The standard InChI is InChI=1S/C10H20N2/c11-9-5-4-8(6-10(9)12)7-2-1-3-7/h7-10H,1-6,11-12H2. The second-order valence-corrected chi connectivity index (χ2v) is 4.59. The fourth-order valence-electron chi connectivity index (χ4n) is 2.60. The van der Waals surface area contributed by atoms with E-state index in [4.69, 9.17) is 11.5 Å². The first-order valence-electron chi connectivity index (χ1n) is 5.28. The average Bonchev–Trinajstić information content (AvgIpc) is 1.93. The second kappa shape index (κ2) is 3.35. The van der Waals surface area contributed by atoms with E-state index in [1.54, 1.807) is 0 Å². The number of rotatable bonds is 1. The van der Waals surface area contributed by atoms with Gasteiger partial charge in [0.05, 0.1) is 0 Å². The maximum absolute atomic E-state index is 5.96. The molecule has 0 bridgehead atoms. The molecule has 0 aromatic carbocycles. The smallest absolute Gasteiger partial charge is 0.0195 e. The van der Waals surface area contributed by atoms with Crippen molar-refractivity contribution in [2.45, 2.75) is 50.6 Å². The molecule has 0 aromatic rings. The molecule has 2 heteroatoms. The van der Waals surface area contributed by atoms with Crippen LogP contribution in [0.1, 0.15) is 38.5 Å². The van der Waals surface area contributed by atoms with Gasteiger partial charge in [-0.3, -0.25) is 0 Å². The lowest BCUT2D eigenvalue weighted by atomic mass is 9.68. The highest BCUT2D eigenvalue weighted by molar-refractivity contribution is 4.89. The van der Waals surface area contributed by atoms with Crippen molar-refractivity contribution < 1.29 is 0 Å². The Balaban J connectivity index is 1.84. The number of hydrogen-bond donors (Lipinski definition) is 2. The Labute approximate surface area is 74.7 Å². The van der Waals surface area contributed by atoms with E-state index in [2.05, 4.69) is 0 Å². The van der Waals surface area contributed by atoms with Crippen LogP contribution in [0.5, 0.6) is 0 Å². The summed E-state index contributed by atoms with van der Waals surface area (Å²) in [5, 5.41) is 0. The zero-order valence-electron chi connectivity index (χ0n) is 7.71. The van der Waals surface area contributed by atoms with E-state index in [9.17, 15) is 0 Å². The Morgan fingerprint density at radius 2 is 1.50 bits per heavy atom. The summed E-state index contributed by atoms with van der Waals surface area (Å²) in [4.78, 5) is 0. The van der Waals surface area contributed by atoms with Gasteiger partial charge in [-0.2, -0.15) is 0 Å². The fraction of sp³-hybridized carbons (Fsp3) is 1.00. The summed E-state index contributed by atoms with van der Waals surface area (Å²) in [6.07, 6.45) is 8.02. The third-order valence-electron chi connectivity index (χ3n) is 3.81. The Morgan fingerprint density at radius 3 is 2.00 bits per heavy atom. The Kier molecular flexibility index (Phi) is 2.37. The first-order chi connectivity index (χ1) is 5.77. The van der Waals surface area contributed by atoms with E-state index in [0.29, 0.717) is 0 Å². The first-order valence-corrected chi connectivity index (χ1v) is 5.28. The monoisotopic (exact) mass is 168 g/mol. The van der Waals surface area contributed by atoms with Crippen molar-refractivity contribution in [3.8, 4) is 0 Å². The van der Waals surface area contributed by atoms with E-state index in [1.807, 2.05) is 0 Å². The summed E-state index contributed by atoms with van der Waals surface area (Å²) in [5.41, 5.74) is 11.8. The molecule has 70 valence electrons. The predicted octanol–water partition coefficient (Wildman–Crippen LogP) is 1.24. The summed E-state index contributed by atoms with van der Waals surface area (Å²) in [6, 6.07) is 0.561. The largest absolute Gasteiger partial charge is 0.326 e. The van der Waals surface area contributed by atoms with Crippen molar-refractivity contribution in [2.75, 3.05) is 0 Å². The molecule has 0 radical (unpaired) electrons. The van der Waals surface area contributed by atoms with Crippen LogP contribution < -0.4 is 11.5 Å². The molecule has 2 rings (SSSR count). The van der Waals surface area contributed by atoms with Crippen LogP contribution >= 0.6 is 0 Å². The highest BCUT2D eigenvalue weighted by Crippen LogP contribution is 2.40. The Morgan fingerprint density at radius 1 is 0.750 bits per heavy atom. The third kappa shape index (κ3) is 1.50. The Bertz CT molecular complexity index is 154. The van der Waals surface area contributed by atoms with Gasteiger partial charge in [-0.25, -0.2) is 0 Å². The minimum absolute atomic E-state index is 0.279. The predicted molar refractivity (Wildman–Crippen MR) is 50.6 cm³/mol. The third-order valence-corrected chi connectivity index (χ3v) is 3.81. The zero-order chi connectivity index (χ0) is 8.55. The molecule has 0 saturated heterocycles. The second-order valence-electron chi connectivity index (χ2n) is 4.59. The molecule has 2 fully saturated rings. The van der Waals surface area contributed by atoms with E-state index in [-0.39, 0.29) is 12.1 Å². The number of hydrogen-bond acceptors (Lipinski definition) is 2. The highest BCUT2D eigenvalue weighted by atomic mass is 14.8. The van der Waals surface area contributed by atoms with Crippen molar-refractivity contribution in [3.05, 3.63) is 0 Å². The topological polar surface area (TPSA) is 52.0 Å². The van der Waals surface area contributed by atoms with Gasteiger partial charge in [0.1, 0.15) is 0 Å². The van der Waals surface area contributed by atoms with Gasteiger partial charge >= 0.3 is 0 Å². The van der Waals surface area contributed by atoms with Crippen LogP contribution in [0.2, 0.25) is 0 Å². The molecule has 0 spiro atoms. The molecule has 0 aromatic heterocycles. The molecule has 2 aliphatic carbocycles. The van der Waals surface area contributed by atoms with Crippen LogP contribution in [-0.2, 0) is 0 Å². The van der Waals surface area contributed by atoms with Crippen molar-refractivity contribution in [2.24, 2.45) is 23.3 Å². The van der Waals surface area contributed by atoms with Crippen molar-refractivity contribution in [1.82, 2.24) is 0 Å². The van der Waals surface area contributed by atoms with Crippen LogP contribution in [0.15, 0.2) is 0 Å².